The lowest BCUT2D eigenvalue weighted by Gasteiger charge is -2.11. The molecule has 0 spiro atoms. The van der Waals surface area contributed by atoms with Crippen LogP contribution in [-0.2, 0) is 19.8 Å². The minimum absolute atomic E-state index is 0.0580. The van der Waals surface area contributed by atoms with Crippen LogP contribution in [0.2, 0.25) is 0 Å². The van der Waals surface area contributed by atoms with E-state index in [-0.39, 0.29) is 23.6 Å². The molecule has 0 aliphatic heterocycles. The van der Waals surface area contributed by atoms with Crippen molar-refractivity contribution in [2.75, 3.05) is 0 Å². The van der Waals surface area contributed by atoms with Crippen LogP contribution < -0.4 is 4.74 Å². The number of hydrogen-bond donors (Lipinski definition) is 1. The van der Waals surface area contributed by atoms with E-state index in [1.54, 1.807) is 30.1 Å². The summed E-state index contributed by atoms with van der Waals surface area (Å²) < 4.78 is 61.9. The smallest absolute Gasteiger partial charge is 0.437 e. The number of alkyl halides is 3. The second kappa shape index (κ2) is 9.25. The number of ether oxygens (including phenoxy) is 1. The van der Waals surface area contributed by atoms with Gasteiger partial charge in [-0.3, -0.25) is 4.98 Å². The first kappa shape index (κ1) is 23.2. The maximum absolute atomic E-state index is 14.5. The minimum atomic E-state index is -4.67. The first-order valence-electron chi connectivity index (χ1n) is 10.7. The number of aryl methyl sites for hydroxylation is 1. The van der Waals surface area contributed by atoms with Crippen molar-refractivity contribution < 1.29 is 22.3 Å². The Morgan fingerprint density at radius 3 is 2.50 bits per heavy atom. The van der Waals surface area contributed by atoms with Crippen molar-refractivity contribution in [2.45, 2.75) is 12.8 Å². The zero-order valence-corrected chi connectivity index (χ0v) is 18.8. The second-order valence-corrected chi connectivity index (χ2v) is 7.92. The van der Waals surface area contributed by atoms with Gasteiger partial charge < -0.3 is 9.30 Å². The summed E-state index contributed by atoms with van der Waals surface area (Å²) in [4.78, 5) is 8.71. The maximum atomic E-state index is 14.5. The lowest BCUT2D eigenvalue weighted by Crippen LogP contribution is -2.07. The number of aromatic amines is 1. The molecule has 0 saturated carbocycles. The Hall–Kier alpha value is -4.54. The van der Waals surface area contributed by atoms with Crippen LogP contribution in [0.1, 0.15) is 11.3 Å². The summed E-state index contributed by atoms with van der Waals surface area (Å²) >= 11 is 0. The first-order valence-corrected chi connectivity index (χ1v) is 10.7. The van der Waals surface area contributed by atoms with Crippen LogP contribution in [0.15, 0.2) is 73.2 Å². The minimum Gasteiger partial charge on any atom is -0.486 e. The van der Waals surface area contributed by atoms with Gasteiger partial charge in [-0.1, -0.05) is 30.3 Å². The number of H-pyrrole nitrogens is 1. The zero-order valence-electron chi connectivity index (χ0n) is 18.8. The standard InChI is InChI=1S/C25H18F4N6O/c1-35-14-31-22(19-11-16(9-10-30-19)21-24(25(27,28)29)33-34-32-21)23(35)17-7-8-18(26)20(12-17)36-13-15-5-3-2-4-6-15/h2-12,14H,13H2,1H3,(H,32,33,34). The molecule has 11 heteroatoms. The summed E-state index contributed by atoms with van der Waals surface area (Å²) in [5.74, 6) is -0.466. The Balaban J connectivity index is 1.51. The van der Waals surface area contributed by atoms with Crippen molar-refractivity contribution in [1.29, 1.82) is 0 Å². The lowest BCUT2D eigenvalue weighted by molar-refractivity contribution is -0.140. The van der Waals surface area contributed by atoms with E-state index in [0.29, 0.717) is 22.6 Å². The van der Waals surface area contributed by atoms with Gasteiger partial charge in [-0.15, -0.1) is 0 Å². The fourth-order valence-corrected chi connectivity index (χ4v) is 3.79. The summed E-state index contributed by atoms with van der Waals surface area (Å²) in [6.45, 7) is 0.183. The Morgan fingerprint density at radius 2 is 1.72 bits per heavy atom. The van der Waals surface area contributed by atoms with Gasteiger partial charge in [0.05, 0.1) is 17.7 Å². The molecule has 1 N–H and O–H groups in total. The van der Waals surface area contributed by atoms with Gasteiger partial charge in [-0.2, -0.15) is 28.6 Å². The number of imidazole rings is 1. The average molecular weight is 494 g/mol. The number of nitrogens with one attached hydrogen (secondary N) is 1. The number of rotatable bonds is 6. The van der Waals surface area contributed by atoms with Crippen LogP contribution in [0, 0.1) is 5.82 Å². The molecule has 7 nitrogen and oxygen atoms in total. The Kier molecular flexibility index (Phi) is 5.96. The van der Waals surface area contributed by atoms with Crippen molar-refractivity contribution in [3.63, 3.8) is 0 Å². The van der Waals surface area contributed by atoms with Gasteiger partial charge in [0, 0.05) is 24.4 Å². The Morgan fingerprint density at radius 1 is 0.917 bits per heavy atom. The van der Waals surface area contributed by atoms with Crippen LogP contribution in [0.4, 0.5) is 17.6 Å². The Labute approximate surface area is 202 Å². The molecule has 0 radical (unpaired) electrons. The van der Waals surface area contributed by atoms with E-state index in [2.05, 4.69) is 20.2 Å². The van der Waals surface area contributed by atoms with E-state index in [4.69, 9.17) is 4.74 Å². The number of hydrogen-bond acceptors (Lipinski definition) is 5. The number of pyridine rings is 1. The van der Waals surface area contributed by atoms with Gasteiger partial charge in [0.25, 0.3) is 0 Å². The quantitative estimate of drug-likeness (QED) is 0.308. The van der Waals surface area contributed by atoms with Crippen molar-refractivity contribution in [3.05, 3.63) is 90.3 Å². The molecule has 0 unspecified atom stereocenters. The van der Waals surface area contributed by atoms with Gasteiger partial charge >= 0.3 is 6.18 Å². The molecule has 0 saturated heterocycles. The highest BCUT2D eigenvalue weighted by molar-refractivity contribution is 5.79. The average Bonchev–Trinajstić information content (AvgIpc) is 3.52. The number of nitrogens with zero attached hydrogens (tertiary/aromatic N) is 5. The number of aromatic nitrogens is 6. The largest absolute Gasteiger partial charge is 0.486 e. The first-order chi connectivity index (χ1) is 17.3. The third-order valence-corrected chi connectivity index (χ3v) is 5.47. The highest BCUT2D eigenvalue weighted by Gasteiger charge is 2.38. The SMILES string of the molecule is Cn1cnc(-c2cc(-c3n[nH]nc3C(F)(F)F)ccn2)c1-c1ccc(F)c(OCc2ccccc2)c1. The van der Waals surface area contributed by atoms with Crippen molar-refractivity contribution >= 4 is 0 Å². The van der Waals surface area contributed by atoms with Gasteiger partial charge in [-0.25, -0.2) is 9.37 Å². The van der Waals surface area contributed by atoms with E-state index in [1.807, 2.05) is 35.5 Å². The molecular formula is C25H18F4N6O. The monoisotopic (exact) mass is 494 g/mol. The van der Waals surface area contributed by atoms with Crippen LogP contribution >= 0.6 is 0 Å². The number of benzene rings is 2. The van der Waals surface area contributed by atoms with Gasteiger partial charge in [0.15, 0.2) is 17.3 Å². The van der Waals surface area contributed by atoms with Crippen LogP contribution in [0.5, 0.6) is 5.75 Å². The summed E-state index contributed by atoms with van der Waals surface area (Å²) in [6.07, 6.45) is -1.76. The third kappa shape index (κ3) is 4.54. The lowest BCUT2D eigenvalue weighted by atomic mass is 10.0. The molecule has 2 aromatic carbocycles. The van der Waals surface area contributed by atoms with Crippen molar-refractivity contribution in [1.82, 2.24) is 29.9 Å². The Bertz CT molecular complexity index is 1510. The molecule has 36 heavy (non-hydrogen) atoms. The third-order valence-electron chi connectivity index (χ3n) is 5.47. The highest BCUT2D eigenvalue weighted by atomic mass is 19.4. The molecule has 0 aliphatic rings. The molecule has 0 amide bonds. The van der Waals surface area contributed by atoms with Crippen molar-refractivity contribution in [3.8, 4) is 39.7 Å². The molecule has 5 rings (SSSR count). The second-order valence-electron chi connectivity index (χ2n) is 7.92. The fourth-order valence-electron chi connectivity index (χ4n) is 3.79. The van der Waals surface area contributed by atoms with E-state index >= 15 is 0 Å². The molecule has 0 bridgehead atoms. The van der Waals surface area contributed by atoms with E-state index in [9.17, 15) is 17.6 Å². The number of halogens is 4. The zero-order chi connectivity index (χ0) is 25.3. The van der Waals surface area contributed by atoms with Crippen LogP contribution in [0.25, 0.3) is 33.9 Å². The summed E-state index contributed by atoms with van der Waals surface area (Å²) in [6, 6.07) is 16.7. The van der Waals surface area contributed by atoms with Crippen LogP contribution in [-0.4, -0.2) is 29.9 Å². The molecule has 0 aliphatic carbocycles. The summed E-state index contributed by atoms with van der Waals surface area (Å²) in [5.41, 5.74) is 1.48. The molecule has 5 aromatic rings. The predicted octanol–water partition coefficient (Wildman–Crippen LogP) is 5.67. The van der Waals surface area contributed by atoms with Gasteiger partial charge in [-0.05, 0) is 35.9 Å². The normalized spacial score (nSPS) is 11.6. The molecule has 182 valence electrons. The summed E-state index contributed by atoms with van der Waals surface area (Å²) in [5, 5.41) is 8.94. The van der Waals surface area contributed by atoms with E-state index < -0.39 is 17.7 Å². The van der Waals surface area contributed by atoms with Gasteiger partial charge in [0.2, 0.25) is 0 Å². The molecule has 3 heterocycles. The topological polar surface area (TPSA) is 81.5 Å². The molecule has 0 atom stereocenters. The van der Waals surface area contributed by atoms with E-state index in [1.165, 1.54) is 24.4 Å². The van der Waals surface area contributed by atoms with E-state index in [0.717, 1.165) is 5.56 Å². The van der Waals surface area contributed by atoms with Crippen LogP contribution in [0.3, 0.4) is 0 Å². The molecule has 3 aromatic heterocycles. The highest BCUT2D eigenvalue weighted by Crippen LogP contribution is 2.37. The summed E-state index contributed by atoms with van der Waals surface area (Å²) in [7, 11) is 1.75. The predicted molar refractivity (Wildman–Crippen MR) is 123 cm³/mol. The molecule has 0 fully saturated rings. The fraction of sp³-hybridized carbons (Fsp3) is 0.120. The van der Waals surface area contributed by atoms with Crippen molar-refractivity contribution in [2.24, 2.45) is 7.05 Å². The maximum Gasteiger partial charge on any atom is 0.437 e. The molecular weight excluding hydrogens is 476 g/mol. The van der Waals surface area contributed by atoms with Gasteiger partial charge in [0.1, 0.15) is 18.0 Å².